The van der Waals surface area contributed by atoms with Gasteiger partial charge in [-0.3, -0.25) is 0 Å². The van der Waals surface area contributed by atoms with E-state index in [2.05, 4.69) is 119 Å². The van der Waals surface area contributed by atoms with Crippen LogP contribution >= 0.6 is 0 Å². The number of aromatic hydroxyl groups is 1. The molecule has 0 radical (unpaired) electrons. The Hall–Kier alpha value is -3.27. The molecule has 0 fully saturated rings. The van der Waals surface area contributed by atoms with Crippen LogP contribution in [0.25, 0.3) is 0 Å². The van der Waals surface area contributed by atoms with E-state index in [9.17, 15) is 9.90 Å². The first-order valence-corrected chi connectivity index (χ1v) is 15.6. The van der Waals surface area contributed by atoms with E-state index in [1.165, 1.54) is 40.5 Å². The minimum atomic E-state index is -0.934. The Morgan fingerprint density at radius 1 is 0.651 bits per heavy atom. The van der Waals surface area contributed by atoms with Crippen molar-refractivity contribution in [3.05, 3.63) is 88.0 Å². The van der Waals surface area contributed by atoms with Gasteiger partial charge in [0.25, 0.3) is 0 Å². The van der Waals surface area contributed by atoms with Crippen LogP contribution < -0.4 is 4.74 Å². The summed E-state index contributed by atoms with van der Waals surface area (Å²) in [6.45, 7) is 29.2. The summed E-state index contributed by atoms with van der Waals surface area (Å²) in [7, 11) is 0. The normalized spacial score (nSPS) is 12.4. The summed E-state index contributed by atoms with van der Waals surface area (Å²) in [4.78, 5) is 10.8. The second kappa shape index (κ2) is 13.6. The number of carbonyl (C=O) groups is 1. The summed E-state index contributed by atoms with van der Waals surface area (Å²) in [5.41, 5.74) is 6.42. The zero-order chi connectivity index (χ0) is 33.0. The Kier molecular flexibility index (Phi) is 11.3. The molecule has 3 aromatic carbocycles. The van der Waals surface area contributed by atoms with Crippen LogP contribution in [0.15, 0.2) is 54.6 Å². The molecule has 0 unspecified atom stereocenters. The summed E-state index contributed by atoms with van der Waals surface area (Å²) in [6, 6.07) is 17.8. The molecule has 0 amide bonds. The van der Waals surface area contributed by atoms with Gasteiger partial charge in [-0.05, 0) is 81.5 Å². The molecule has 2 N–H and O–H groups in total. The van der Waals surface area contributed by atoms with Crippen molar-refractivity contribution in [2.24, 2.45) is 0 Å². The quantitative estimate of drug-likeness (QED) is 0.300. The van der Waals surface area contributed by atoms with Crippen LogP contribution in [0.3, 0.4) is 0 Å². The lowest BCUT2D eigenvalue weighted by Gasteiger charge is -2.30. The molecule has 0 heterocycles. The standard InChI is InChI=1S/C28H42O.C11H14O3/c1-25(2,3)19-13-15-23(21(17-19)27(7,8)9)29-24-16-14-20(26(4,5)6)18-22(24)28(10,11)12;1-2-3-4-8-7-9(12)5-6-10(8)11(13)14/h13-18H,1-12H3;5-7,12H,2-4H2,1H3,(H,13,14). The zero-order valence-electron chi connectivity index (χ0n) is 29.0. The van der Waals surface area contributed by atoms with Crippen LogP contribution in [0, 0.1) is 0 Å². The first kappa shape index (κ1) is 35.9. The minimum Gasteiger partial charge on any atom is -0.508 e. The molecule has 3 aromatic rings. The molecule has 0 atom stereocenters. The molecular formula is C39H56O4. The maximum atomic E-state index is 10.8. The van der Waals surface area contributed by atoms with Gasteiger partial charge in [-0.2, -0.15) is 0 Å². The Labute approximate surface area is 261 Å². The zero-order valence-corrected chi connectivity index (χ0v) is 29.0. The fourth-order valence-corrected chi connectivity index (χ4v) is 4.82. The maximum absolute atomic E-state index is 10.8. The molecule has 0 aromatic heterocycles. The van der Waals surface area contributed by atoms with Crippen LogP contribution in [-0.4, -0.2) is 16.2 Å². The van der Waals surface area contributed by atoms with Crippen molar-refractivity contribution in [3.63, 3.8) is 0 Å². The van der Waals surface area contributed by atoms with Gasteiger partial charge in [0.1, 0.15) is 17.2 Å². The van der Waals surface area contributed by atoms with Crippen LogP contribution in [0.4, 0.5) is 0 Å². The predicted octanol–water partition coefficient (Wildman–Crippen LogP) is 11.1. The third kappa shape index (κ3) is 10.2. The average Bonchev–Trinajstić information content (AvgIpc) is 2.85. The highest BCUT2D eigenvalue weighted by Crippen LogP contribution is 2.41. The second-order valence-electron chi connectivity index (χ2n) is 15.8. The van der Waals surface area contributed by atoms with Crippen LogP contribution in [0.2, 0.25) is 0 Å². The Bertz CT molecular complexity index is 1310. The lowest BCUT2D eigenvalue weighted by atomic mass is 9.79. The Balaban J connectivity index is 0.000000385. The summed E-state index contributed by atoms with van der Waals surface area (Å²) in [5, 5.41) is 18.1. The molecule has 0 aliphatic heterocycles. The lowest BCUT2D eigenvalue weighted by molar-refractivity contribution is 0.0695. The topological polar surface area (TPSA) is 66.8 Å². The molecule has 0 aliphatic rings. The molecule has 0 spiro atoms. The number of hydrogen-bond acceptors (Lipinski definition) is 3. The number of carboxylic acid groups (broad SMARTS) is 1. The van der Waals surface area contributed by atoms with E-state index in [0.29, 0.717) is 12.0 Å². The number of ether oxygens (including phenoxy) is 1. The molecule has 43 heavy (non-hydrogen) atoms. The molecule has 236 valence electrons. The van der Waals surface area contributed by atoms with E-state index in [-0.39, 0.29) is 33.0 Å². The van der Waals surface area contributed by atoms with Gasteiger partial charge >= 0.3 is 5.97 Å². The van der Waals surface area contributed by atoms with Gasteiger partial charge in [0, 0.05) is 11.1 Å². The van der Waals surface area contributed by atoms with E-state index in [1.807, 2.05) is 6.92 Å². The van der Waals surface area contributed by atoms with E-state index >= 15 is 0 Å². The Morgan fingerprint density at radius 3 is 1.44 bits per heavy atom. The van der Waals surface area contributed by atoms with Crippen molar-refractivity contribution < 1.29 is 19.7 Å². The smallest absolute Gasteiger partial charge is 0.335 e. The summed E-state index contributed by atoms with van der Waals surface area (Å²) < 4.78 is 6.63. The minimum absolute atomic E-state index is 0.00381. The van der Waals surface area contributed by atoms with Gasteiger partial charge in [-0.1, -0.05) is 121 Å². The van der Waals surface area contributed by atoms with E-state index in [1.54, 1.807) is 0 Å². The molecule has 4 nitrogen and oxygen atoms in total. The van der Waals surface area contributed by atoms with Gasteiger partial charge in [0.15, 0.2) is 0 Å². The molecule has 0 saturated carbocycles. The fourth-order valence-electron chi connectivity index (χ4n) is 4.82. The van der Waals surface area contributed by atoms with E-state index in [0.717, 1.165) is 24.3 Å². The number of unbranched alkanes of at least 4 members (excludes halogenated alkanes) is 1. The van der Waals surface area contributed by atoms with Gasteiger partial charge in [-0.15, -0.1) is 0 Å². The number of carboxylic acids is 1. The third-order valence-electron chi connectivity index (χ3n) is 7.65. The van der Waals surface area contributed by atoms with Crippen LogP contribution in [-0.2, 0) is 28.1 Å². The summed E-state index contributed by atoms with van der Waals surface area (Å²) in [5.74, 6) is 1.11. The van der Waals surface area contributed by atoms with Crippen molar-refractivity contribution in [3.8, 4) is 17.2 Å². The number of phenols is 1. The number of phenolic OH excluding ortho intramolecular Hbond substituents is 1. The number of rotatable bonds is 6. The van der Waals surface area contributed by atoms with Crippen molar-refractivity contribution in [2.75, 3.05) is 0 Å². The van der Waals surface area contributed by atoms with Crippen LogP contribution in [0.5, 0.6) is 17.2 Å². The first-order valence-electron chi connectivity index (χ1n) is 15.6. The largest absolute Gasteiger partial charge is 0.508 e. The number of aromatic carboxylic acids is 1. The molecular weight excluding hydrogens is 532 g/mol. The number of aryl methyl sites for hydroxylation is 1. The molecule has 0 aliphatic carbocycles. The van der Waals surface area contributed by atoms with E-state index < -0.39 is 5.97 Å². The van der Waals surface area contributed by atoms with Crippen molar-refractivity contribution in [2.45, 2.75) is 131 Å². The SMILES string of the molecule is CC(C)(C)c1ccc(Oc2ccc(C(C)(C)C)cc2C(C)(C)C)c(C(C)(C)C)c1.CCCCc1cc(O)ccc1C(=O)O. The first-order chi connectivity index (χ1) is 19.6. The van der Waals surface area contributed by atoms with Gasteiger partial charge in [0.05, 0.1) is 5.56 Å². The lowest BCUT2D eigenvalue weighted by Crippen LogP contribution is -2.19. The average molecular weight is 589 g/mol. The van der Waals surface area contributed by atoms with E-state index in [4.69, 9.17) is 9.84 Å². The van der Waals surface area contributed by atoms with Crippen molar-refractivity contribution >= 4 is 5.97 Å². The van der Waals surface area contributed by atoms with Gasteiger partial charge in [-0.25, -0.2) is 4.79 Å². The van der Waals surface area contributed by atoms with Gasteiger partial charge in [0.2, 0.25) is 0 Å². The van der Waals surface area contributed by atoms with Crippen molar-refractivity contribution in [1.82, 2.24) is 0 Å². The Morgan fingerprint density at radius 2 is 1.09 bits per heavy atom. The fraction of sp³-hybridized carbons (Fsp3) is 0.513. The summed E-state index contributed by atoms with van der Waals surface area (Å²) >= 11 is 0. The maximum Gasteiger partial charge on any atom is 0.335 e. The highest BCUT2D eigenvalue weighted by molar-refractivity contribution is 5.89. The molecule has 3 rings (SSSR count). The molecule has 0 saturated heterocycles. The van der Waals surface area contributed by atoms with Gasteiger partial charge < -0.3 is 14.9 Å². The number of hydrogen-bond donors (Lipinski definition) is 2. The second-order valence-corrected chi connectivity index (χ2v) is 15.8. The monoisotopic (exact) mass is 588 g/mol. The highest BCUT2D eigenvalue weighted by atomic mass is 16.5. The summed E-state index contributed by atoms with van der Waals surface area (Å²) in [6.07, 6.45) is 2.64. The molecule has 4 heteroatoms. The van der Waals surface area contributed by atoms with Crippen molar-refractivity contribution in [1.29, 1.82) is 0 Å². The highest BCUT2D eigenvalue weighted by Gasteiger charge is 2.27. The molecule has 0 bridgehead atoms. The number of benzene rings is 3. The third-order valence-corrected chi connectivity index (χ3v) is 7.65. The predicted molar refractivity (Wildman–Crippen MR) is 181 cm³/mol. The van der Waals surface area contributed by atoms with Crippen LogP contribution in [0.1, 0.15) is 141 Å².